The monoisotopic (exact) mass is 1880 g/mol. The van der Waals surface area contributed by atoms with Crippen LogP contribution in [-0.4, -0.2) is 270 Å². The number of aromatic hydroxyl groups is 1. The van der Waals surface area contributed by atoms with E-state index in [1.165, 1.54) is 34.1 Å². The lowest BCUT2D eigenvalue weighted by atomic mass is 9.99. The number of aromatic nitrogens is 1. The number of amides is 14. The number of guanidine groups is 4. The Hall–Kier alpha value is -12.7. The average Bonchev–Trinajstić information content (AvgIpc) is 1.65. The topological polar surface area (TPSA) is 751 Å². The van der Waals surface area contributed by atoms with Gasteiger partial charge in [-0.2, -0.15) is 0 Å². The van der Waals surface area contributed by atoms with Crippen molar-refractivity contribution < 1.29 is 72.2 Å². The first-order chi connectivity index (χ1) is 63.8. The number of aromatic amines is 1. The van der Waals surface area contributed by atoms with Gasteiger partial charge in [0, 0.05) is 69.2 Å². The number of H-pyrrole nitrogens is 1. The van der Waals surface area contributed by atoms with Gasteiger partial charge >= 0.3 is 0 Å². The molecule has 2 aromatic carbocycles. The third-order valence-corrected chi connectivity index (χ3v) is 23.5. The fourth-order valence-corrected chi connectivity index (χ4v) is 16.4. The number of phenols is 1. The lowest BCUT2D eigenvalue weighted by Gasteiger charge is -2.34. The van der Waals surface area contributed by atoms with E-state index in [1.807, 2.05) is 0 Å². The van der Waals surface area contributed by atoms with Crippen molar-refractivity contribution in [3.63, 3.8) is 0 Å². The van der Waals surface area contributed by atoms with E-state index in [1.54, 1.807) is 72.0 Å². The molecule has 3 saturated heterocycles. The molecule has 0 unspecified atom stereocenters. The number of benzene rings is 2. The number of fused-ring (bicyclic) bond motifs is 3. The van der Waals surface area contributed by atoms with Crippen LogP contribution < -0.4 is 125 Å². The van der Waals surface area contributed by atoms with E-state index in [0.717, 1.165) is 0 Å². The van der Waals surface area contributed by atoms with Gasteiger partial charge in [0.15, 0.2) is 23.8 Å². The predicted molar refractivity (Wildman–Crippen MR) is 506 cm³/mol. The largest absolute Gasteiger partial charge is 0.508 e. The van der Waals surface area contributed by atoms with Crippen molar-refractivity contribution >= 4 is 117 Å². The van der Waals surface area contributed by atoms with Gasteiger partial charge in [0.25, 0.3) is 0 Å². The van der Waals surface area contributed by atoms with E-state index >= 15 is 57.5 Å². The number of hydrogen-bond acceptors (Lipinski definition) is 22. The molecule has 6 rings (SSSR count). The predicted octanol–water partition coefficient (Wildman–Crippen LogP) is -3.34. The third-order valence-electron chi connectivity index (χ3n) is 23.5. The molecular weight excluding hydrogens is 1730 g/mol. The third kappa shape index (κ3) is 37.1. The van der Waals surface area contributed by atoms with Crippen molar-refractivity contribution in [3.8, 4) is 5.75 Å². The first-order valence-corrected chi connectivity index (χ1v) is 46.8. The maximum Gasteiger partial charge on any atom is 0.246 e. The number of nitrogens with two attached hydrogens (primary N) is 7. The van der Waals surface area contributed by atoms with Crippen molar-refractivity contribution in [1.82, 2.24) is 99.9 Å². The van der Waals surface area contributed by atoms with Crippen LogP contribution in [0.4, 0.5) is 0 Å². The summed E-state index contributed by atoms with van der Waals surface area (Å²) < 4.78 is 0. The van der Waals surface area contributed by atoms with Crippen molar-refractivity contribution in [1.29, 1.82) is 21.6 Å². The Morgan fingerprint density at radius 3 is 1.04 bits per heavy atom. The molecule has 134 heavy (non-hydrogen) atoms. The van der Waals surface area contributed by atoms with Crippen LogP contribution >= 0.6 is 0 Å². The Morgan fingerprint density at radius 2 is 0.679 bits per heavy atom. The van der Waals surface area contributed by atoms with Gasteiger partial charge in [-0.15, -0.1) is 0 Å². The molecule has 0 saturated carbocycles. The second kappa shape index (κ2) is 57.0. The maximum atomic E-state index is 15.6. The molecule has 0 spiro atoms. The highest BCUT2D eigenvalue weighted by Crippen LogP contribution is 2.28. The van der Waals surface area contributed by atoms with Gasteiger partial charge in [0.05, 0.1) is 0 Å². The molecular formula is C89H148N30O15. The number of rotatable bonds is 37. The smallest absolute Gasteiger partial charge is 0.246 e. The van der Waals surface area contributed by atoms with Crippen molar-refractivity contribution in [2.24, 2.45) is 57.9 Å². The van der Waals surface area contributed by atoms with Gasteiger partial charge in [-0.3, -0.25) is 88.8 Å². The van der Waals surface area contributed by atoms with E-state index in [4.69, 9.17) is 61.8 Å². The zero-order chi connectivity index (χ0) is 98.7. The summed E-state index contributed by atoms with van der Waals surface area (Å²) in [6, 6.07) is -7.24. The molecule has 36 N–H and O–H groups in total. The highest BCUT2D eigenvalue weighted by Gasteiger charge is 2.46. The van der Waals surface area contributed by atoms with Crippen LogP contribution in [0, 0.1) is 39.4 Å². The zero-order valence-electron chi connectivity index (χ0n) is 78.2. The molecule has 14 atom stereocenters. The average molecular weight is 1880 g/mol. The van der Waals surface area contributed by atoms with Crippen molar-refractivity contribution in [2.75, 3.05) is 58.9 Å². The van der Waals surface area contributed by atoms with Crippen molar-refractivity contribution in [2.45, 2.75) is 287 Å². The molecule has 0 radical (unpaired) electrons. The summed E-state index contributed by atoms with van der Waals surface area (Å²) in [5, 5.41) is 86.9. The number of unbranched alkanes of at least 4 members (excludes halogenated alkanes) is 3. The lowest BCUT2D eigenvalue weighted by molar-refractivity contribution is -0.148. The molecule has 45 heteroatoms. The van der Waals surface area contributed by atoms with Crippen LogP contribution in [0.5, 0.6) is 5.75 Å². The molecule has 4 heterocycles. The zero-order valence-corrected chi connectivity index (χ0v) is 78.2. The quantitative estimate of drug-likeness (QED) is 0.0152. The number of hydrogen-bond donors (Lipinski definition) is 29. The van der Waals surface area contributed by atoms with Gasteiger partial charge < -0.3 is 145 Å². The van der Waals surface area contributed by atoms with Gasteiger partial charge in [-0.05, 0) is 214 Å². The van der Waals surface area contributed by atoms with E-state index in [0.29, 0.717) is 54.1 Å². The summed E-state index contributed by atoms with van der Waals surface area (Å²) in [4.78, 5) is 219. The first kappa shape index (κ1) is 110. The number of phenolic OH excluding ortho intramolecular Hbond substituents is 1. The Kier molecular flexibility index (Phi) is 46.8. The molecule has 0 aliphatic carbocycles. The number of para-hydroxylation sites is 1. The second-order valence-electron chi connectivity index (χ2n) is 35.8. The Balaban J connectivity index is 1.53. The molecule has 744 valence electrons. The minimum Gasteiger partial charge on any atom is -0.508 e. The van der Waals surface area contributed by atoms with E-state index in [2.05, 4.69) is 90.1 Å². The first-order valence-electron chi connectivity index (χ1n) is 46.8. The summed E-state index contributed by atoms with van der Waals surface area (Å²) in [5.41, 5.74) is 42.2. The molecule has 3 fully saturated rings. The Morgan fingerprint density at radius 1 is 0.373 bits per heavy atom. The van der Waals surface area contributed by atoms with Crippen molar-refractivity contribution in [3.05, 3.63) is 65.9 Å². The lowest BCUT2D eigenvalue weighted by Crippen LogP contribution is -2.62. The molecule has 45 nitrogen and oxygen atoms in total. The number of carbonyl (C=O) groups is 14. The molecule has 3 aromatic rings. The fourth-order valence-electron chi connectivity index (χ4n) is 16.4. The summed E-state index contributed by atoms with van der Waals surface area (Å²) in [6.45, 7) is 11.2. The highest BCUT2D eigenvalue weighted by atomic mass is 16.3. The molecule has 3 aliphatic heterocycles. The van der Waals surface area contributed by atoms with Crippen LogP contribution in [0.1, 0.15) is 200 Å². The number of nitrogens with zero attached hydrogens (tertiary/aromatic N) is 2. The summed E-state index contributed by atoms with van der Waals surface area (Å²) in [7, 11) is 0. The highest BCUT2D eigenvalue weighted by molar-refractivity contribution is 6.02. The van der Waals surface area contributed by atoms with Gasteiger partial charge in [0.1, 0.15) is 90.3 Å². The molecule has 3 aliphatic rings. The minimum absolute atomic E-state index is 0.00291. The molecule has 14 amide bonds. The van der Waals surface area contributed by atoms with Crippen LogP contribution in [0.15, 0.2) is 54.7 Å². The molecule has 0 bridgehead atoms. The summed E-state index contributed by atoms with van der Waals surface area (Å²) in [5.74, 6) is -14.8. The second-order valence-corrected chi connectivity index (χ2v) is 35.8. The van der Waals surface area contributed by atoms with Gasteiger partial charge in [0.2, 0.25) is 82.7 Å². The Bertz CT molecular complexity index is 4440. The minimum atomic E-state index is -1.60. The Labute approximate surface area is 782 Å². The van der Waals surface area contributed by atoms with E-state index in [9.17, 15) is 14.7 Å². The fraction of sp³-hybridized carbons (Fsp3) is 0.640. The standard InChI is InChI=1S/C89H148N30O15/c1-50(2)45-65-79(128)109-59(24-10-13-37-91)73(122)106-58(23-9-12-36-90)72(121)107-61(26-15-39-101-86(93)94)74(123)108-62(27-16-40-102-87(95)96)77(126)115-68(48-54-49-105-57-22-8-7-21-56(54)57)82(131)110-60(25-11-14-38-92)75(124)114-67(47-53-32-34-55(120)35-33-53)81(130)112-64(29-18-42-104-89(99)100)78(127)117-71(52(5)6)85(134)119-44-20-31-70(119)84(133)118-43-19-30-69(118)83(132)116-66(46-51(3)4)80(129)111-63(76(125)113-65)28-17-41-103-88(97)98/h7-8,21-22,32-35,49-52,58-71,105,120H,9-20,23-31,36-48,90-92H2,1-6H3,(H,106,122)(H,107,121)(H,108,123)(H,109,128)(H,110,131)(H,111,129)(H,112,130)(H,113,125)(H,114,124)(H,115,126)(H,116,132)(H,117,127)(H4,93,94,101)(H4,95,96,102)(H4,97,98,103)(H4,99,100,104)/t58-,59-,60-,61-,62-,63-,64-,65-,66-,67-,68-,69-,70+,71-/m0/s1. The normalized spacial score (nSPS) is 23.8. The van der Waals surface area contributed by atoms with Crippen LogP contribution in [0.25, 0.3) is 10.9 Å². The molecule has 1 aromatic heterocycles. The summed E-state index contributed by atoms with van der Waals surface area (Å²) >= 11 is 0. The van der Waals surface area contributed by atoms with E-state index < -0.39 is 191 Å². The van der Waals surface area contributed by atoms with Crippen LogP contribution in [0.2, 0.25) is 0 Å². The number of carbonyl (C=O) groups excluding carboxylic acids is 14. The van der Waals surface area contributed by atoms with Crippen LogP contribution in [0.3, 0.4) is 0 Å². The van der Waals surface area contributed by atoms with E-state index in [-0.39, 0.29) is 211 Å². The number of nitrogens with one attached hydrogen (secondary N) is 21. The van der Waals surface area contributed by atoms with Gasteiger partial charge in [-0.1, -0.05) is 71.9 Å². The maximum absolute atomic E-state index is 15.6. The SMILES string of the molecule is CC(C)C[C@@H]1NC(=O)[C@H](CCCNC(=N)N)NC(=O)[C@H](CC(C)C)NC(=O)[C@@H]2CCCN2C(=O)[C@H]2CCCN2C(=O)[C@H](C(C)C)NC(=O)[C@H](CCCNC(=N)N)NC(=O)[C@H](Cc2ccc(O)cc2)NC(=O)[C@H](CCCCN)NC(=O)[C@H](Cc2c[nH]c3ccccc23)NC(=O)[C@H](CCCNC(=N)N)NC(=O)[C@H](CCCNC(=N)N)NC(=O)[C@H](CCCCN)NC(=O)[C@H](CCCCN)NC1=O. The summed E-state index contributed by atoms with van der Waals surface area (Å²) in [6.07, 6.45) is 3.16. The van der Waals surface area contributed by atoms with Gasteiger partial charge in [-0.25, -0.2) is 0 Å². The van der Waals surface area contributed by atoms with Crippen LogP contribution in [-0.2, 0) is 80.0 Å².